The van der Waals surface area contributed by atoms with Crippen molar-refractivity contribution in [2.75, 3.05) is 14.2 Å². The van der Waals surface area contributed by atoms with Gasteiger partial charge in [-0.2, -0.15) is 0 Å². The Morgan fingerprint density at radius 3 is 1.62 bits per heavy atom. The first-order chi connectivity index (χ1) is 19.2. The first kappa shape index (κ1) is 24.2. The third kappa shape index (κ3) is 3.39. The second-order valence-electron chi connectivity index (χ2n) is 9.45. The highest BCUT2D eigenvalue weighted by Crippen LogP contribution is 2.69. The number of benzene rings is 4. The number of thioether (sulfide) groups is 1. The molecule has 1 aromatic heterocycles. The van der Waals surface area contributed by atoms with E-state index in [0.717, 1.165) is 22.3 Å². The van der Waals surface area contributed by atoms with E-state index in [0.29, 0.717) is 5.23 Å². The van der Waals surface area contributed by atoms with Gasteiger partial charge in [0.2, 0.25) is 5.72 Å². The normalized spacial score (nSPS) is 21.4. The summed E-state index contributed by atoms with van der Waals surface area (Å²) in [4.78, 5) is 1.67. The maximum absolute atomic E-state index is 6.73. The maximum atomic E-state index is 6.73. The van der Waals surface area contributed by atoms with E-state index >= 15 is 0 Å². The summed E-state index contributed by atoms with van der Waals surface area (Å²) in [6, 6.07) is 42.3. The molecule has 0 radical (unpaired) electrons. The van der Waals surface area contributed by atoms with Gasteiger partial charge >= 0.3 is 0 Å². The summed E-state index contributed by atoms with van der Waals surface area (Å²) in [6.07, 6.45) is 0. The standard InChI is InChI=1S/C33H26N2O2S2/c1-36-31-34-35-32(37-2,25-19-11-5-12-20-25)27-28(33(35,39-31)26-21-13-6-14-22-26)30(24-17-9-4-10-18-24)38-29(27)23-15-7-3-8-16-23/h3-22H,1-2H3/t32?,33-/m0/s1. The van der Waals surface area contributed by atoms with Gasteiger partial charge in [-0.15, -0.1) is 16.4 Å². The molecule has 2 aliphatic rings. The van der Waals surface area contributed by atoms with Crippen LogP contribution in [0.25, 0.3) is 20.9 Å². The van der Waals surface area contributed by atoms with Crippen molar-refractivity contribution in [3.05, 3.63) is 144 Å². The number of rotatable bonds is 5. The predicted octanol–water partition coefficient (Wildman–Crippen LogP) is 8.11. The van der Waals surface area contributed by atoms with Gasteiger partial charge in [-0.25, -0.2) is 5.01 Å². The number of fused-ring (bicyclic) bond motifs is 3. The smallest absolute Gasteiger partial charge is 0.270 e. The van der Waals surface area contributed by atoms with Crippen LogP contribution in [0.3, 0.4) is 0 Å². The van der Waals surface area contributed by atoms with Crippen LogP contribution in [0.1, 0.15) is 22.3 Å². The van der Waals surface area contributed by atoms with Crippen LogP contribution in [0.15, 0.2) is 126 Å². The van der Waals surface area contributed by atoms with Crippen molar-refractivity contribution >= 4 is 28.3 Å². The highest BCUT2D eigenvalue weighted by molar-refractivity contribution is 8.14. The fourth-order valence-corrected chi connectivity index (χ4v) is 8.61. The Hall–Kier alpha value is -3.84. The SMILES string of the molecule is COC1=NN2C(OC)(c3ccccc3)c3c(-c4ccccc4)sc(-c4ccccc4)c3[C@]2(c2ccccc2)S1. The van der Waals surface area contributed by atoms with E-state index < -0.39 is 10.6 Å². The third-order valence-corrected chi connectivity index (χ3v) is 10.1. The molecule has 0 fully saturated rings. The minimum atomic E-state index is -0.992. The molecule has 0 aliphatic carbocycles. The Morgan fingerprint density at radius 2 is 1.10 bits per heavy atom. The quantitative estimate of drug-likeness (QED) is 0.223. The highest BCUT2D eigenvalue weighted by Gasteiger charge is 2.67. The zero-order chi connectivity index (χ0) is 26.5. The molecule has 0 amide bonds. The van der Waals surface area contributed by atoms with Crippen LogP contribution in [-0.2, 0) is 20.1 Å². The number of hydrazone groups is 1. The first-order valence-corrected chi connectivity index (χ1v) is 14.4. The number of ether oxygens (including phenoxy) is 2. The highest BCUT2D eigenvalue weighted by atomic mass is 32.2. The van der Waals surface area contributed by atoms with E-state index in [-0.39, 0.29) is 0 Å². The molecular formula is C33H26N2O2S2. The zero-order valence-corrected chi connectivity index (χ0v) is 23.2. The zero-order valence-electron chi connectivity index (χ0n) is 21.6. The molecule has 6 heteroatoms. The van der Waals surface area contributed by atoms with E-state index in [1.807, 2.05) is 17.4 Å². The van der Waals surface area contributed by atoms with Crippen molar-refractivity contribution in [1.29, 1.82) is 0 Å². The molecule has 3 heterocycles. The van der Waals surface area contributed by atoms with Crippen LogP contribution in [0.5, 0.6) is 0 Å². The Labute approximate surface area is 236 Å². The summed E-state index contributed by atoms with van der Waals surface area (Å²) >= 11 is 3.45. The van der Waals surface area contributed by atoms with Gasteiger partial charge in [-0.3, -0.25) is 0 Å². The maximum Gasteiger partial charge on any atom is 0.270 e. The molecule has 2 aliphatic heterocycles. The van der Waals surface area contributed by atoms with Gasteiger partial charge in [0.05, 0.1) is 7.11 Å². The van der Waals surface area contributed by atoms with Crippen molar-refractivity contribution in [3.8, 4) is 20.9 Å². The van der Waals surface area contributed by atoms with Gasteiger partial charge in [0, 0.05) is 33.6 Å². The van der Waals surface area contributed by atoms with Gasteiger partial charge in [0.1, 0.15) is 0 Å². The summed E-state index contributed by atoms with van der Waals surface area (Å²) in [7, 11) is 3.48. The Balaban J connectivity index is 1.68. The monoisotopic (exact) mass is 546 g/mol. The molecule has 1 unspecified atom stereocenters. The topological polar surface area (TPSA) is 34.1 Å². The van der Waals surface area contributed by atoms with Crippen molar-refractivity contribution in [2.45, 2.75) is 10.6 Å². The van der Waals surface area contributed by atoms with Crippen LogP contribution in [0.4, 0.5) is 0 Å². The molecule has 0 bridgehead atoms. The van der Waals surface area contributed by atoms with Gasteiger partial charge in [0.15, 0.2) is 4.87 Å². The fourth-order valence-electron chi connectivity index (χ4n) is 5.87. The first-order valence-electron chi connectivity index (χ1n) is 12.8. The number of hydrogen-bond acceptors (Lipinski definition) is 6. The van der Waals surface area contributed by atoms with Gasteiger partial charge in [0.25, 0.3) is 5.23 Å². The molecule has 39 heavy (non-hydrogen) atoms. The average molecular weight is 547 g/mol. The molecule has 5 aromatic rings. The van der Waals surface area contributed by atoms with Gasteiger partial charge < -0.3 is 9.47 Å². The van der Waals surface area contributed by atoms with Crippen LogP contribution < -0.4 is 0 Å². The summed E-state index contributed by atoms with van der Waals surface area (Å²) in [5, 5.41) is 7.89. The Morgan fingerprint density at radius 1 is 0.615 bits per heavy atom. The average Bonchev–Trinajstić information content (AvgIpc) is 3.67. The van der Waals surface area contributed by atoms with Crippen LogP contribution in [0.2, 0.25) is 0 Å². The Kier molecular flexibility index (Phi) is 5.85. The lowest BCUT2D eigenvalue weighted by Gasteiger charge is -2.41. The molecule has 0 N–H and O–H groups in total. The summed E-state index contributed by atoms with van der Waals surface area (Å²) in [5.41, 5.74) is 5.79. The number of methoxy groups -OCH3 is 2. The predicted molar refractivity (Wildman–Crippen MR) is 161 cm³/mol. The molecule has 4 nitrogen and oxygen atoms in total. The van der Waals surface area contributed by atoms with Crippen molar-refractivity contribution in [3.63, 3.8) is 0 Å². The molecule has 4 aromatic carbocycles. The molecule has 7 rings (SSSR count). The second kappa shape index (κ2) is 9.42. The lowest BCUT2D eigenvalue weighted by Crippen LogP contribution is -2.47. The minimum Gasteiger partial charge on any atom is -0.475 e. The summed E-state index contributed by atoms with van der Waals surface area (Å²) in [6.45, 7) is 0. The van der Waals surface area contributed by atoms with E-state index in [1.165, 1.54) is 20.9 Å². The van der Waals surface area contributed by atoms with Crippen molar-refractivity contribution in [2.24, 2.45) is 5.10 Å². The fraction of sp³-hybridized carbons (Fsp3) is 0.121. The van der Waals surface area contributed by atoms with E-state index in [2.05, 4.69) is 120 Å². The van der Waals surface area contributed by atoms with Crippen LogP contribution in [-0.4, -0.2) is 24.5 Å². The van der Waals surface area contributed by atoms with Gasteiger partial charge in [-0.05, 0) is 28.5 Å². The van der Waals surface area contributed by atoms with Crippen molar-refractivity contribution < 1.29 is 9.47 Å². The second-order valence-corrected chi connectivity index (χ2v) is 11.6. The molecule has 2 atom stereocenters. The summed E-state index contributed by atoms with van der Waals surface area (Å²) < 4.78 is 12.6. The third-order valence-electron chi connectivity index (χ3n) is 7.47. The summed E-state index contributed by atoms with van der Waals surface area (Å²) in [5.74, 6) is 0. The largest absolute Gasteiger partial charge is 0.475 e. The molecular weight excluding hydrogens is 521 g/mol. The molecule has 192 valence electrons. The van der Waals surface area contributed by atoms with Gasteiger partial charge in [-0.1, -0.05) is 121 Å². The van der Waals surface area contributed by atoms with Crippen LogP contribution in [0, 0.1) is 0 Å². The molecule has 0 saturated heterocycles. The Bertz CT molecular complexity index is 1660. The molecule has 0 saturated carbocycles. The lowest BCUT2D eigenvalue weighted by molar-refractivity contribution is -0.114. The number of hydrogen-bond donors (Lipinski definition) is 0. The minimum absolute atomic E-state index is 0.605. The number of thiophene rings is 1. The van der Waals surface area contributed by atoms with E-state index in [9.17, 15) is 0 Å². The van der Waals surface area contributed by atoms with Crippen molar-refractivity contribution in [1.82, 2.24) is 5.01 Å². The van der Waals surface area contributed by atoms with Crippen LogP contribution >= 0.6 is 23.1 Å². The van der Waals surface area contributed by atoms with E-state index in [4.69, 9.17) is 14.6 Å². The molecule has 0 spiro atoms. The van der Waals surface area contributed by atoms with E-state index in [1.54, 1.807) is 26.0 Å². The lowest BCUT2D eigenvalue weighted by atomic mass is 9.89. The number of nitrogens with zero attached hydrogens (tertiary/aromatic N) is 2.